The normalized spacial score (nSPS) is 27.8. The number of aliphatic hydroxyl groups excluding tert-OH is 2. The minimum atomic E-state index is -2.06. The molecule has 0 unspecified atom stereocenters. The number of carbonyl (C=O) groups is 3. The van der Waals surface area contributed by atoms with Crippen molar-refractivity contribution in [2.45, 2.75) is 131 Å². The number of anilines is 2. The number of rotatable bonds is 12. The maximum Gasteiger partial charge on any atom is 0.414 e. The standard InChI is InChI=1S/C60H75N7O16/c1-31-16-15-17-32(2)58(74)63-49-53(72)45-44(46-55(37(7)52(45)71)83-60(9,57(46)73)80-25-18-41(77-10)34(4)54(81-38(8)68)36(6)51(70)35(5)50(31)69)48-56(49)82-42-27-39(26-33(3)47(42)62-48)65-22-20-64(21-23-65)19-13-11-12-14-24-78-40-28-66-29-43(67(75)76)61-59(66)79-30-40/h15-18,25-27,29,31,34-36,40-41,50-51,54,69-71H,11-14,19-24,28,30H2,1-10H3,(H,63,74)/b16-15+,25-18+,32-17-/t31-,34+,35+,36+,40-,41-,50-,51+,54+,60-/m0/s1. The quantitative estimate of drug-likeness (QED) is 0.0234. The maximum atomic E-state index is 15.1. The van der Waals surface area contributed by atoms with Crippen LogP contribution in [0.15, 0.2) is 63.7 Å². The van der Waals surface area contributed by atoms with E-state index in [2.05, 4.69) is 20.1 Å². The molecule has 0 spiro atoms. The molecule has 0 saturated carbocycles. The van der Waals surface area contributed by atoms with E-state index in [1.165, 1.54) is 52.5 Å². The van der Waals surface area contributed by atoms with Gasteiger partial charge in [-0.2, -0.15) is 0 Å². The van der Waals surface area contributed by atoms with Gasteiger partial charge in [0.2, 0.25) is 5.43 Å². The number of carbonyl (C=O) groups excluding carboxylic acids is 3. The lowest BCUT2D eigenvalue weighted by Crippen LogP contribution is -2.46. The molecular weight excluding hydrogens is 1070 g/mol. The number of phenolic OH excluding ortho intramolecular Hbond substituents is 1. The first-order valence-corrected chi connectivity index (χ1v) is 28.4. The van der Waals surface area contributed by atoms with Crippen LogP contribution in [-0.2, 0) is 35.1 Å². The minimum absolute atomic E-state index is 0.000663. The van der Waals surface area contributed by atoms with Gasteiger partial charge in [0.1, 0.15) is 53.4 Å². The summed E-state index contributed by atoms with van der Waals surface area (Å²) < 4.78 is 44.1. The molecule has 3 aromatic rings. The van der Waals surface area contributed by atoms with Gasteiger partial charge in [0, 0.05) is 111 Å². The smallest absolute Gasteiger partial charge is 0.414 e. The number of unbranched alkanes of at least 4 members (excludes halogenated alkanes) is 3. The number of phenols is 1. The Morgan fingerprint density at radius 1 is 0.952 bits per heavy atom. The molecule has 6 aliphatic rings. The number of imidazole rings is 1. The molecule has 1 amide bonds. The third-order valence-corrected chi connectivity index (χ3v) is 16.8. The highest BCUT2D eigenvalue weighted by Gasteiger charge is 2.50. The summed E-state index contributed by atoms with van der Waals surface area (Å²) in [6, 6.07) is 4.09. The van der Waals surface area contributed by atoms with E-state index in [0.717, 1.165) is 69.7 Å². The Labute approximate surface area is 480 Å². The molecule has 4 N–H and O–H groups in total. The van der Waals surface area contributed by atoms with Crippen molar-refractivity contribution >= 4 is 56.7 Å². The Kier molecular flexibility index (Phi) is 18.0. The molecule has 446 valence electrons. The summed E-state index contributed by atoms with van der Waals surface area (Å²) in [6.07, 6.45) is 8.67. The fourth-order valence-corrected chi connectivity index (χ4v) is 11.8. The Bertz CT molecular complexity index is 3420. The molecule has 10 atom stereocenters. The van der Waals surface area contributed by atoms with Crippen LogP contribution in [0.3, 0.4) is 0 Å². The van der Waals surface area contributed by atoms with E-state index in [1.54, 1.807) is 51.3 Å². The van der Waals surface area contributed by atoms with E-state index < -0.39 is 87.6 Å². The van der Waals surface area contributed by atoms with E-state index in [0.29, 0.717) is 30.9 Å². The summed E-state index contributed by atoms with van der Waals surface area (Å²) in [4.78, 5) is 81.1. The number of aromatic nitrogens is 3. The second-order valence-corrected chi connectivity index (χ2v) is 22.7. The van der Waals surface area contributed by atoms with Gasteiger partial charge in [-0.3, -0.25) is 28.6 Å². The monoisotopic (exact) mass is 1150 g/mol. The number of hydrogen-bond acceptors (Lipinski definition) is 20. The molecule has 23 heteroatoms. The van der Waals surface area contributed by atoms with E-state index in [1.807, 2.05) is 19.1 Å². The van der Waals surface area contributed by atoms with Gasteiger partial charge in [-0.15, -0.1) is 0 Å². The number of ketones is 1. The lowest BCUT2D eigenvalue weighted by Gasteiger charge is -2.38. The van der Waals surface area contributed by atoms with Gasteiger partial charge in [-0.25, -0.2) is 4.98 Å². The van der Waals surface area contributed by atoms with Crippen molar-refractivity contribution in [2.75, 3.05) is 63.3 Å². The fourth-order valence-electron chi connectivity index (χ4n) is 11.8. The van der Waals surface area contributed by atoms with E-state index in [4.69, 9.17) is 37.8 Å². The summed E-state index contributed by atoms with van der Waals surface area (Å²) in [5.74, 6) is -7.57. The van der Waals surface area contributed by atoms with Crippen LogP contribution >= 0.6 is 0 Å². The third-order valence-electron chi connectivity index (χ3n) is 16.8. The van der Waals surface area contributed by atoms with Crippen molar-refractivity contribution in [1.82, 2.24) is 19.4 Å². The second-order valence-electron chi connectivity index (χ2n) is 22.7. The van der Waals surface area contributed by atoms with Crippen LogP contribution in [0.1, 0.15) is 95.6 Å². The van der Waals surface area contributed by atoms with Crippen molar-refractivity contribution in [3.05, 3.63) is 91.5 Å². The van der Waals surface area contributed by atoms with Crippen LogP contribution < -0.4 is 25.1 Å². The molecule has 1 saturated heterocycles. The van der Waals surface area contributed by atoms with Crippen LogP contribution in [0.5, 0.6) is 17.5 Å². The van der Waals surface area contributed by atoms with Crippen molar-refractivity contribution < 1.29 is 67.5 Å². The molecule has 1 aliphatic carbocycles. The molecule has 9 rings (SSSR count). The average molecular weight is 1150 g/mol. The number of methoxy groups -OCH3 is 1. The van der Waals surface area contributed by atoms with Gasteiger partial charge in [0.15, 0.2) is 11.3 Å². The Morgan fingerprint density at radius 3 is 2.40 bits per heavy atom. The zero-order valence-electron chi connectivity index (χ0n) is 48.6. The zero-order valence-corrected chi connectivity index (χ0v) is 48.6. The number of nitrogens with zero attached hydrogens (tertiary/aromatic N) is 6. The fraction of sp³-hybridized carbons (Fsp3) is 0.533. The number of esters is 1. The lowest BCUT2D eigenvalue weighted by molar-refractivity contribution is -0.389. The number of hydrogen-bond donors (Lipinski definition) is 4. The van der Waals surface area contributed by atoms with Gasteiger partial charge in [-0.05, 0) is 62.8 Å². The Hall–Kier alpha value is -7.44. The highest BCUT2D eigenvalue weighted by Crippen LogP contribution is 2.51. The average Bonchev–Trinajstić information content (AvgIpc) is 1.90. The summed E-state index contributed by atoms with van der Waals surface area (Å²) in [7, 11) is 1.45. The van der Waals surface area contributed by atoms with Gasteiger partial charge in [0.05, 0.1) is 42.1 Å². The van der Waals surface area contributed by atoms with Crippen molar-refractivity contribution in [3.63, 3.8) is 0 Å². The lowest BCUT2D eigenvalue weighted by atomic mass is 9.78. The number of nitrogens with one attached hydrogen (secondary N) is 1. The maximum absolute atomic E-state index is 15.1. The van der Waals surface area contributed by atoms with Crippen LogP contribution in [0.2, 0.25) is 0 Å². The first-order valence-electron chi connectivity index (χ1n) is 28.4. The first kappa shape index (κ1) is 60.2. The number of benzene rings is 3. The Balaban J connectivity index is 0.991. The Morgan fingerprint density at radius 2 is 1.69 bits per heavy atom. The number of allylic oxidation sites excluding steroid dienone is 2. The zero-order chi connectivity index (χ0) is 59.8. The number of aromatic hydroxyl groups is 1. The number of piperazine rings is 1. The van der Waals surface area contributed by atoms with Crippen molar-refractivity contribution in [3.8, 4) is 29.0 Å². The predicted octanol–water partition coefficient (Wildman–Crippen LogP) is 7.52. The van der Waals surface area contributed by atoms with Crippen molar-refractivity contribution in [1.29, 1.82) is 0 Å². The number of aliphatic hydroxyl groups is 2. The minimum Gasteiger partial charge on any atom is -0.507 e. The van der Waals surface area contributed by atoms with E-state index in [9.17, 15) is 39.8 Å². The summed E-state index contributed by atoms with van der Waals surface area (Å²) in [5.41, 5.74) is 1.25. The van der Waals surface area contributed by atoms with E-state index >= 15 is 4.79 Å². The number of ether oxygens (including phenoxy) is 6. The van der Waals surface area contributed by atoms with E-state index in [-0.39, 0.29) is 68.3 Å². The van der Waals surface area contributed by atoms with Crippen LogP contribution in [0, 0.1) is 47.6 Å². The number of nitro groups is 1. The molecule has 4 bridgehead atoms. The molecule has 0 radical (unpaired) electrons. The molecular formula is C60H75N7O16. The first-order chi connectivity index (χ1) is 39.5. The van der Waals surface area contributed by atoms with Crippen LogP contribution in [0.25, 0.3) is 33.3 Å². The van der Waals surface area contributed by atoms with Gasteiger partial charge in [-0.1, -0.05) is 58.8 Å². The molecule has 23 nitrogen and oxygen atoms in total. The molecule has 1 aromatic heterocycles. The van der Waals surface area contributed by atoms with Crippen LogP contribution in [-0.4, -0.2) is 147 Å². The van der Waals surface area contributed by atoms with Gasteiger partial charge >= 0.3 is 23.6 Å². The van der Waals surface area contributed by atoms with Gasteiger partial charge < -0.3 is 68.5 Å². The van der Waals surface area contributed by atoms with Crippen LogP contribution in [0.4, 0.5) is 17.2 Å². The molecule has 5 aliphatic heterocycles. The number of Topliss-reactive ketones (excluding diaryl/α,β-unsaturated/α-hetero) is 1. The molecule has 83 heavy (non-hydrogen) atoms. The number of fused-ring (bicyclic) bond motifs is 3. The molecule has 2 aromatic carbocycles. The third kappa shape index (κ3) is 12.2. The highest BCUT2D eigenvalue weighted by atomic mass is 16.7. The summed E-state index contributed by atoms with van der Waals surface area (Å²) in [6.45, 7) is 19.9. The molecule has 1 fully saturated rings. The molecule has 6 heterocycles. The topological polar surface area (TPSA) is 290 Å². The number of amides is 1. The van der Waals surface area contributed by atoms with Gasteiger partial charge in [0.25, 0.3) is 11.7 Å². The second kappa shape index (κ2) is 24.8. The number of aryl methyl sites for hydroxylation is 1. The van der Waals surface area contributed by atoms with Crippen molar-refractivity contribution in [2.24, 2.45) is 23.7 Å². The summed E-state index contributed by atoms with van der Waals surface area (Å²) >= 11 is 0. The SMILES string of the molecule is CO[C@H]1/C=C/O[C@@]2(C)Oc3c(C)c(O)c4c(=O)c(c5oc6cc(N7CCN(CCCCCCO[C@@H]8COc9nc([N+](=O)[O-])cn9C8)CC7)cc(C)c6nc-5c4c3C2=O)NC(=O)/C(C)=C\C=C\[C@H](C)[C@H](O)[C@@H](C)[C@@H](O)[C@@H](C)[C@H](OC(C)=O)[C@@H]1C. The summed E-state index contributed by atoms with van der Waals surface area (Å²) in [5, 5.41) is 48.7. The largest absolute Gasteiger partial charge is 0.507 e. The highest BCUT2D eigenvalue weighted by molar-refractivity contribution is 6.22. The predicted molar refractivity (Wildman–Crippen MR) is 307 cm³/mol.